The lowest BCUT2D eigenvalue weighted by atomic mass is 10.2. The number of carbonyl (C=O) groups excluding carboxylic acids is 2. The Hall–Kier alpha value is -3.87. The van der Waals surface area contributed by atoms with Crippen LogP contribution in [0.2, 0.25) is 0 Å². The number of aromatic nitrogens is 2. The number of nitrogens with one attached hydrogen (secondary N) is 2. The Bertz CT molecular complexity index is 1050. The number of benzene rings is 1. The Balaban J connectivity index is 1.36. The number of hydrogen-bond donors (Lipinski definition) is 2. The molecule has 0 radical (unpaired) electrons. The van der Waals surface area contributed by atoms with Gasteiger partial charge in [0.15, 0.2) is 5.76 Å². The Labute approximate surface area is 154 Å². The van der Waals surface area contributed by atoms with Gasteiger partial charge in [0.1, 0.15) is 5.65 Å². The summed E-state index contributed by atoms with van der Waals surface area (Å²) in [6.07, 6.45) is 5.22. The predicted octanol–water partition coefficient (Wildman–Crippen LogP) is 3.11. The molecule has 7 heteroatoms. The summed E-state index contributed by atoms with van der Waals surface area (Å²) >= 11 is 0. The Kier molecular flexibility index (Phi) is 4.40. The summed E-state index contributed by atoms with van der Waals surface area (Å²) in [5.74, 6) is -0.329. The van der Waals surface area contributed by atoms with Crippen molar-refractivity contribution in [3.8, 4) is 0 Å². The summed E-state index contributed by atoms with van der Waals surface area (Å²) in [5.41, 5.74) is 2.68. The van der Waals surface area contributed by atoms with Crippen LogP contribution in [0.4, 0.5) is 5.69 Å². The Morgan fingerprint density at radius 3 is 2.59 bits per heavy atom. The van der Waals surface area contributed by atoms with Crippen molar-refractivity contribution < 1.29 is 14.0 Å². The average Bonchev–Trinajstić information content (AvgIpc) is 3.36. The molecule has 1 aromatic carbocycles. The van der Waals surface area contributed by atoms with Crippen LogP contribution in [0.15, 0.2) is 77.7 Å². The molecule has 4 rings (SSSR count). The SMILES string of the molecule is O=C(NCc1cn2ccccc2n1)c1ccc(NC(=O)c2ccco2)cc1. The second-order valence-corrected chi connectivity index (χ2v) is 5.89. The van der Waals surface area contributed by atoms with Gasteiger partial charge in [-0.25, -0.2) is 4.98 Å². The first kappa shape index (κ1) is 16.6. The van der Waals surface area contributed by atoms with Crippen molar-refractivity contribution in [1.29, 1.82) is 0 Å². The van der Waals surface area contributed by atoms with Crippen molar-refractivity contribution in [2.24, 2.45) is 0 Å². The first-order chi connectivity index (χ1) is 13.2. The molecule has 7 nitrogen and oxygen atoms in total. The zero-order valence-electron chi connectivity index (χ0n) is 14.3. The molecule has 2 amide bonds. The van der Waals surface area contributed by atoms with E-state index in [-0.39, 0.29) is 17.6 Å². The first-order valence-electron chi connectivity index (χ1n) is 8.35. The molecule has 4 aromatic rings. The highest BCUT2D eigenvalue weighted by atomic mass is 16.3. The van der Waals surface area contributed by atoms with Crippen molar-refractivity contribution in [1.82, 2.24) is 14.7 Å². The normalized spacial score (nSPS) is 10.7. The standard InChI is InChI=1S/C20H16N4O3/c25-19(21-12-16-13-24-10-2-1-5-18(24)22-16)14-6-8-15(9-7-14)23-20(26)17-4-3-11-27-17/h1-11,13H,12H2,(H,21,25)(H,23,26). The van der Waals surface area contributed by atoms with Gasteiger partial charge in [0.2, 0.25) is 0 Å². The summed E-state index contributed by atoms with van der Waals surface area (Å²) in [6.45, 7) is 0.331. The van der Waals surface area contributed by atoms with Gasteiger partial charge >= 0.3 is 0 Å². The van der Waals surface area contributed by atoms with Crippen LogP contribution < -0.4 is 10.6 Å². The average molecular weight is 360 g/mol. The number of nitrogens with zero attached hydrogens (tertiary/aromatic N) is 2. The van der Waals surface area contributed by atoms with Crippen LogP contribution in [-0.2, 0) is 6.54 Å². The first-order valence-corrected chi connectivity index (χ1v) is 8.35. The molecule has 0 saturated heterocycles. The fourth-order valence-corrected chi connectivity index (χ4v) is 2.65. The Morgan fingerprint density at radius 2 is 1.85 bits per heavy atom. The van der Waals surface area contributed by atoms with Gasteiger partial charge in [0.25, 0.3) is 11.8 Å². The van der Waals surface area contributed by atoms with Crippen LogP contribution in [0.5, 0.6) is 0 Å². The molecule has 0 spiro atoms. The van der Waals surface area contributed by atoms with E-state index in [1.54, 1.807) is 36.4 Å². The molecule has 3 heterocycles. The molecule has 0 saturated carbocycles. The molecule has 0 atom stereocenters. The van der Waals surface area contributed by atoms with Gasteiger partial charge in [-0.1, -0.05) is 6.07 Å². The number of amides is 2. The molecule has 3 aromatic heterocycles. The zero-order valence-corrected chi connectivity index (χ0v) is 14.3. The highest BCUT2D eigenvalue weighted by molar-refractivity contribution is 6.02. The van der Waals surface area contributed by atoms with Gasteiger partial charge in [-0.05, 0) is 48.5 Å². The van der Waals surface area contributed by atoms with Gasteiger partial charge in [-0.3, -0.25) is 9.59 Å². The van der Waals surface area contributed by atoms with Crippen molar-refractivity contribution in [3.05, 3.63) is 90.3 Å². The molecule has 0 aliphatic carbocycles. The molecule has 2 N–H and O–H groups in total. The third-order valence-electron chi connectivity index (χ3n) is 3.99. The topological polar surface area (TPSA) is 88.6 Å². The van der Waals surface area contributed by atoms with Crippen LogP contribution in [-0.4, -0.2) is 21.2 Å². The lowest BCUT2D eigenvalue weighted by Gasteiger charge is -2.06. The maximum Gasteiger partial charge on any atom is 0.291 e. The van der Waals surface area contributed by atoms with Gasteiger partial charge in [0.05, 0.1) is 18.5 Å². The van der Waals surface area contributed by atoms with E-state index in [1.165, 1.54) is 6.26 Å². The second-order valence-electron chi connectivity index (χ2n) is 5.89. The van der Waals surface area contributed by atoms with E-state index < -0.39 is 0 Å². The molecular weight excluding hydrogens is 344 g/mol. The van der Waals surface area contributed by atoms with Crippen molar-refractivity contribution in [2.75, 3.05) is 5.32 Å². The van der Waals surface area contributed by atoms with Crippen LogP contribution in [0.3, 0.4) is 0 Å². The van der Waals surface area contributed by atoms with E-state index in [4.69, 9.17) is 4.42 Å². The number of imidazole rings is 1. The number of furan rings is 1. The summed E-state index contributed by atoms with van der Waals surface area (Å²) in [7, 11) is 0. The van der Waals surface area contributed by atoms with E-state index >= 15 is 0 Å². The highest BCUT2D eigenvalue weighted by Gasteiger charge is 2.10. The van der Waals surface area contributed by atoms with Gasteiger partial charge < -0.3 is 19.5 Å². The number of anilines is 1. The molecular formula is C20H16N4O3. The molecule has 27 heavy (non-hydrogen) atoms. The highest BCUT2D eigenvalue weighted by Crippen LogP contribution is 2.12. The van der Waals surface area contributed by atoms with E-state index in [0.29, 0.717) is 17.8 Å². The van der Waals surface area contributed by atoms with Crippen molar-refractivity contribution in [2.45, 2.75) is 6.54 Å². The minimum absolute atomic E-state index is 0.212. The van der Waals surface area contributed by atoms with Crippen LogP contribution in [0.1, 0.15) is 26.6 Å². The number of hydrogen-bond acceptors (Lipinski definition) is 4. The fraction of sp³-hybridized carbons (Fsp3) is 0.0500. The van der Waals surface area contributed by atoms with Crippen LogP contribution >= 0.6 is 0 Å². The van der Waals surface area contributed by atoms with Gasteiger partial charge in [-0.2, -0.15) is 0 Å². The summed E-state index contributed by atoms with van der Waals surface area (Å²) in [4.78, 5) is 28.7. The zero-order chi connectivity index (χ0) is 18.6. The van der Waals surface area contributed by atoms with E-state index in [0.717, 1.165) is 11.3 Å². The van der Waals surface area contributed by atoms with Crippen molar-refractivity contribution >= 4 is 23.1 Å². The molecule has 0 fully saturated rings. The van der Waals surface area contributed by atoms with Crippen LogP contribution in [0.25, 0.3) is 5.65 Å². The van der Waals surface area contributed by atoms with E-state index in [9.17, 15) is 9.59 Å². The quantitative estimate of drug-likeness (QED) is 0.572. The largest absolute Gasteiger partial charge is 0.459 e. The summed E-state index contributed by atoms with van der Waals surface area (Å²) in [6, 6.07) is 15.6. The minimum Gasteiger partial charge on any atom is -0.459 e. The minimum atomic E-state index is -0.343. The molecule has 134 valence electrons. The number of pyridine rings is 1. The maximum atomic E-state index is 12.3. The Morgan fingerprint density at radius 1 is 1.00 bits per heavy atom. The third-order valence-corrected chi connectivity index (χ3v) is 3.99. The number of carbonyl (C=O) groups is 2. The number of rotatable bonds is 5. The molecule has 0 bridgehead atoms. The monoisotopic (exact) mass is 360 g/mol. The van der Waals surface area contributed by atoms with E-state index in [1.807, 2.05) is 35.0 Å². The summed E-state index contributed by atoms with van der Waals surface area (Å²) in [5, 5.41) is 5.55. The van der Waals surface area contributed by atoms with Gasteiger partial charge in [-0.15, -0.1) is 0 Å². The number of fused-ring (bicyclic) bond motifs is 1. The second kappa shape index (κ2) is 7.17. The van der Waals surface area contributed by atoms with Crippen LogP contribution in [0, 0.1) is 0 Å². The molecule has 0 aliphatic rings. The lowest BCUT2D eigenvalue weighted by Crippen LogP contribution is -2.23. The lowest BCUT2D eigenvalue weighted by molar-refractivity contribution is 0.0949. The fourth-order valence-electron chi connectivity index (χ4n) is 2.65. The molecule has 0 unspecified atom stereocenters. The van der Waals surface area contributed by atoms with E-state index in [2.05, 4.69) is 15.6 Å². The molecule has 0 aliphatic heterocycles. The maximum absolute atomic E-state index is 12.3. The van der Waals surface area contributed by atoms with Crippen molar-refractivity contribution in [3.63, 3.8) is 0 Å². The predicted molar refractivity (Wildman–Crippen MR) is 99.5 cm³/mol. The van der Waals surface area contributed by atoms with Gasteiger partial charge in [0, 0.05) is 23.6 Å². The third kappa shape index (κ3) is 3.72. The summed E-state index contributed by atoms with van der Waals surface area (Å²) < 4.78 is 6.94. The smallest absolute Gasteiger partial charge is 0.291 e.